The Hall–Kier alpha value is -1.36. The zero-order chi connectivity index (χ0) is 14.4. The average Bonchev–Trinajstić information content (AvgIpc) is 2.43. The molecule has 1 N–H and O–H groups in total. The van der Waals surface area contributed by atoms with Crippen molar-refractivity contribution in [2.45, 2.75) is 25.2 Å². The molecule has 1 unspecified atom stereocenters. The van der Waals surface area contributed by atoms with Crippen molar-refractivity contribution in [3.63, 3.8) is 0 Å². The molecule has 1 amide bonds. The first-order valence-electron chi connectivity index (χ1n) is 6.03. The lowest BCUT2D eigenvalue weighted by Gasteiger charge is -2.20. The number of nitrogens with one attached hydrogen (secondary N) is 1. The minimum atomic E-state index is -0.638. The summed E-state index contributed by atoms with van der Waals surface area (Å²) < 4.78 is 4.70. The quantitative estimate of drug-likeness (QED) is 0.667. The Morgan fingerprint density at radius 3 is 2.47 bits per heavy atom. The van der Waals surface area contributed by atoms with Crippen molar-refractivity contribution in [3.8, 4) is 0 Å². The molecule has 0 aliphatic carbocycles. The van der Waals surface area contributed by atoms with E-state index in [9.17, 15) is 9.59 Å². The molecule has 0 bridgehead atoms. The van der Waals surface area contributed by atoms with E-state index in [0.717, 1.165) is 5.56 Å². The van der Waals surface area contributed by atoms with Crippen molar-refractivity contribution in [2.24, 2.45) is 5.92 Å². The first-order chi connectivity index (χ1) is 9.01. The fourth-order valence-electron chi connectivity index (χ4n) is 1.70. The lowest BCUT2D eigenvalue weighted by Crippen LogP contribution is -2.45. The van der Waals surface area contributed by atoms with Crippen LogP contribution in [0.5, 0.6) is 0 Å². The molecule has 0 saturated heterocycles. The van der Waals surface area contributed by atoms with E-state index in [1.165, 1.54) is 7.11 Å². The van der Waals surface area contributed by atoms with E-state index in [-0.39, 0.29) is 11.8 Å². The Balaban J connectivity index is 2.91. The van der Waals surface area contributed by atoms with Crippen molar-refractivity contribution in [1.29, 1.82) is 0 Å². The van der Waals surface area contributed by atoms with Gasteiger partial charge in [-0.1, -0.05) is 48.0 Å². The van der Waals surface area contributed by atoms with Gasteiger partial charge in [-0.05, 0) is 17.5 Å². The third-order valence-corrected chi connectivity index (χ3v) is 3.42. The van der Waals surface area contributed by atoms with Gasteiger partial charge in [-0.25, -0.2) is 4.79 Å². The van der Waals surface area contributed by atoms with Crippen molar-refractivity contribution in [3.05, 3.63) is 35.4 Å². The lowest BCUT2D eigenvalue weighted by atomic mass is 10.0. The molecule has 0 fully saturated rings. The Bertz CT molecular complexity index is 460. The number of alkyl halides is 1. The predicted octanol–water partition coefficient (Wildman–Crippen LogP) is 2.51. The number of ether oxygens (including phenoxy) is 1. The standard InChI is InChI=1S/C14H18BrNO3/c1-9(2)12(14(18)19-3)16-13(17)11-7-5-4-6-10(11)8-15/h4-7,9,12H,8H2,1-3H3,(H,16,17). The fourth-order valence-corrected chi connectivity index (χ4v) is 2.19. The van der Waals surface area contributed by atoms with E-state index < -0.39 is 12.0 Å². The summed E-state index contributed by atoms with van der Waals surface area (Å²) in [6.45, 7) is 3.72. The van der Waals surface area contributed by atoms with Crippen molar-refractivity contribution >= 4 is 27.8 Å². The third kappa shape index (κ3) is 4.06. The van der Waals surface area contributed by atoms with Gasteiger partial charge in [0.05, 0.1) is 7.11 Å². The van der Waals surface area contributed by atoms with E-state index in [2.05, 4.69) is 21.2 Å². The van der Waals surface area contributed by atoms with Crippen molar-refractivity contribution < 1.29 is 14.3 Å². The largest absolute Gasteiger partial charge is 0.467 e. The summed E-state index contributed by atoms with van der Waals surface area (Å²) in [4.78, 5) is 23.8. The molecule has 0 heterocycles. The number of amides is 1. The molecule has 104 valence electrons. The molecule has 0 aromatic heterocycles. The maximum atomic E-state index is 12.2. The van der Waals surface area contributed by atoms with E-state index >= 15 is 0 Å². The zero-order valence-electron chi connectivity index (χ0n) is 11.3. The summed E-state index contributed by atoms with van der Waals surface area (Å²) >= 11 is 3.34. The van der Waals surface area contributed by atoms with Crippen LogP contribution in [-0.2, 0) is 14.9 Å². The van der Waals surface area contributed by atoms with Crippen LogP contribution in [0.25, 0.3) is 0 Å². The van der Waals surface area contributed by atoms with Crippen LogP contribution in [0, 0.1) is 5.92 Å². The normalized spacial score (nSPS) is 12.1. The van der Waals surface area contributed by atoms with Gasteiger partial charge < -0.3 is 10.1 Å². The highest BCUT2D eigenvalue weighted by Gasteiger charge is 2.25. The summed E-state index contributed by atoms with van der Waals surface area (Å²) in [6, 6.07) is 6.63. The number of carbonyl (C=O) groups is 2. The van der Waals surface area contributed by atoms with Crippen molar-refractivity contribution in [1.82, 2.24) is 5.32 Å². The summed E-state index contributed by atoms with van der Waals surface area (Å²) in [6.07, 6.45) is 0. The van der Waals surface area contributed by atoms with E-state index in [0.29, 0.717) is 10.9 Å². The third-order valence-electron chi connectivity index (χ3n) is 2.81. The van der Waals surface area contributed by atoms with Gasteiger partial charge in [0.2, 0.25) is 0 Å². The second-order valence-electron chi connectivity index (χ2n) is 4.51. The Morgan fingerprint density at radius 1 is 1.32 bits per heavy atom. The fraction of sp³-hybridized carbons (Fsp3) is 0.429. The molecule has 0 spiro atoms. The van der Waals surface area contributed by atoms with Crippen LogP contribution in [0.4, 0.5) is 0 Å². The molecule has 5 heteroatoms. The summed E-state index contributed by atoms with van der Waals surface area (Å²) in [5.74, 6) is -0.730. The number of hydrogen-bond donors (Lipinski definition) is 1. The maximum absolute atomic E-state index is 12.2. The minimum Gasteiger partial charge on any atom is -0.467 e. The second-order valence-corrected chi connectivity index (χ2v) is 5.07. The number of carbonyl (C=O) groups excluding carboxylic acids is 2. The molecule has 0 aliphatic rings. The minimum absolute atomic E-state index is 0.0347. The number of halogens is 1. The first kappa shape index (κ1) is 15.7. The predicted molar refractivity (Wildman–Crippen MR) is 77.2 cm³/mol. The molecule has 4 nitrogen and oxygen atoms in total. The molecular weight excluding hydrogens is 310 g/mol. The van der Waals surface area contributed by atoms with Crippen LogP contribution < -0.4 is 5.32 Å². The molecule has 1 rings (SSSR count). The summed E-state index contributed by atoms with van der Waals surface area (Å²) in [7, 11) is 1.32. The van der Waals surface area contributed by atoms with Gasteiger partial charge in [-0.15, -0.1) is 0 Å². The Kier molecular flexibility index (Phi) is 6.02. The van der Waals surface area contributed by atoms with E-state index in [4.69, 9.17) is 4.74 Å². The smallest absolute Gasteiger partial charge is 0.328 e. The molecule has 0 saturated carbocycles. The monoisotopic (exact) mass is 327 g/mol. The van der Waals surface area contributed by atoms with Crippen LogP contribution in [0.3, 0.4) is 0 Å². The molecular formula is C14H18BrNO3. The number of esters is 1. The number of hydrogen-bond acceptors (Lipinski definition) is 3. The SMILES string of the molecule is COC(=O)C(NC(=O)c1ccccc1CBr)C(C)C. The molecule has 1 aromatic carbocycles. The summed E-state index contributed by atoms with van der Waals surface area (Å²) in [5.41, 5.74) is 1.45. The van der Waals surface area contributed by atoms with Crippen LogP contribution in [0.15, 0.2) is 24.3 Å². The van der Waals surface area contributed by atoms with Gasteiger partial charge in [0.1, 0.15) is 6.04 Å². The molecule has 1 atom stereocenters. The van der Waals surface area contributed by atoms with Gasteiger partial charge in [0.15, 0.2) is 0 Å². The van der Waals surface area contributed by atoms with Gasteiger partial charge in [-0.2, -0.15) is 0 Å². The summed E-state index contributed by atoms with van der Waals surface area (Å²) in [5, 5.41) is 3.31. The highest BCUT2D eigenvalue weighted by Crippen LogP contribution is 2.13. The highest BCUT2D eigenvalue weighted by atomic mass is 79.9. The Labute approximate surface area is 121 Å². The Morgan fingerprint density at radius 2 is 1.95 bits per heavy atom. The average molecular weight is 328 g/mol. The number of rotatable bonds is 5. The molecule has 0 aliphatic heterocycles. The van der Waals surface area contributed by atoms with Gasteiger partial charge in [-0.3, -0.25) is 4.79 Å². The van der Waals surface area contributed by atoms with Crippen LogP contribution in [0.2, 0.25) is 0 Å². The number of methoxy groups -OCH3 is 1. The number of benzene rings is 1. The van der Waals surface area contributed by atoms with Crippen LogP contribution in [-0.4, -0.2) is 25.0 Å². The topological polar surface area (TPSA) is 55.4 Å². The first-order valence-corrected chi connectivity index (χ1v) is 7.16. The van der Waals surface area contributed by atoms with E-state index in [1.807, 2.05) is 26.0 Å². The van der Waals surface area contributed by atoms with Gasteiger partial charge in [0, 0.05) is 10.9 Å². The zero-order valence-corrected chi connectivity index (χ0v) is 12.9. The molecule has 1 aromatic rings. The van der Waals surface area contributed by atoms with Gasteiger partial charge in [0.25, 0.3) is 5.91 Å². The maximum Gasteiger partial charge on any atom is 0.328 e. The second kappa shape index (κ2) is 7.28. The molecule has 0 radical (unpaired) electrons. The molecule has 19 heavy (non-hydrogen) atoms. The van der Waals surface area contributed by atoms with E-state index in [1.54, 1.807) is 12.1 Å². The van der Waals surface area contributed by atoms with Crippen molar-refractivity contribution in [2.75, 3.05) is 7.11 Å². The van der Waals surface area contributed by atoms with Gasteiger partial charge >= 0.3 is 5.97 Å². The lowest BCUT2D eigenvalue weighted by molar-refractivity contribution is -0.144. The van der Waals surface area contributed by atoms with Crippen LogP contribution >= 0.6 is 15.9 Å². The van der Waals surface area contributed by atoms with Crippen LogP contribution in [0.1, 0.15) is 29.8 Å². The highest BCUT2D eigenvalue weighted by molar-refractivity contribution is 9.08.